The number of carbonyl (C=O) groups excluding carboxylic acids is 2. The van der Waals surface area contributed by atoms with Gasteiger partial charge in [0.05, 0.1) is 7.11 Å². The minimum absolute atomic E-state index is 0.00419. The molecule has 1 fully saturated rings. The van der Waals surface area contributed by atoms with E-state index in [4.69, 9.17) is 4.74 Å². The molecule has 0 aromatic heterocycles. The van der Waals surface area contributed by atoms with Crippen LogP contribution in [0.5, 0.6) is 5.75 Å². The van der Waals surface area contributed by atoms with Crippen LogP contribution in [0.3, 0.4) is 0 Å². The lowest BCUT2D eigenvalue weighted by molar-refractivity contribution is -0.121. The number of fused-ring (bicyclic) bond motifs is 1. The number of anilines is 1. The lowest BCUT2D eigenvalue weighted by atomic mass is 9.84. The van der Waals surface area contributed by atoms with Gasteiger partial charge in [-0.3, -0.25) is 9.59 Å². The van der Waals surface area contributed by atoms with E-state index in [1.807, 2.05) is 42.2 Å². The summed E-state index contributed by atoms with van der Waals surface area (Å²) in [6.45, 7) is 4.73. The van der Waals surface area contributed by atoms with Crippen LogP contribution in [0.4, 0.5) is 5.69 Å². The number of hydrogen-bond donors (Lipinski definition) is 1. The van der Waals surface area contributed by atoms with Crippen molar-refractivity contribution in [3.63, 3.8) is 0 Å². The first-order chi connectivity index (χ1) is 14.0. The maximum Gasteiger partial charge on any atom is 0.254 e. The second-order valence-electron chi connectivity index (χ2n) is 8.21. The largest absolute Gasteiger partial charge is 0.496 e. The third-order valence-electron chi connectivity index (χ3n) is 6.40. The second kappa shape index (κ2) is 7.90. The van der Waals surface area contributed by atoms with Crippen LogP contribution in [0.25, 0.3) is 0 Å². The average molecular weight is 392 g/mol. The van der Waals surface area contributed by atoms with E-state index < -0.39 is 0 Å². The highest BCUT2D eigenvalue weighted by molar-refractivity contribution is 5.99. The molecular weight excluding hydrogens is 364 g/mol. The number of nitrogens with zero attached hydrogens (tertiary/aromatic N) is 1. The van der Waals surface area contributed by atoms with E-state index in [0.717, 1.165) is 53.8 Å². The Hall–Kier alpha value is -2.82. The molecule has 1 N–H and O–H groups in total. The van der Waals surface area contributed by atoms with Crippen LogP contribution in [-0.4, -0.2) is 29.9 Å². The molecule has 2 aromatic rings. The molecule has 5 nitrogen and oxygen atoms in total. The Balaban J connectivity index is 1.35. The van der Waals surface area contributed by atoms with Crippen molar-refractivity contribution in [3.8, 4) is 5.75 Å². The summed E-state index contributed by atoms with van der Waals surface area (Å²) in [6, 6.07) is 11.9. The summed E-state index contributed by atoms with van der Waals surface area (Å²) in [7, 11) is 1.64. The SMILES string of the molecule is COc1ccc(NC(=O)C2CCC(N3Cc4c(C)cccc4C3=O)CC2)cc1C. The highest BCUT2D eigenvalue weighted by Crippen LogP contribution is 2.34. The van der Waals surface area contributed by atoms with Gasteiger partial charge in [-0.2, -0.15) is 0 Å². The number of rotatable bonds is 4. The van der Waals surface area contributed by atoms with E-state index in [0.29, 0.717) is 6.54 Å². The van der Waals surface area contributed by atoms with Crippen LogP contribution in [0.15, 0.2) is 36.4 Å². The van der Waals surface area contributed by atoms with Crippen LogP contribution in [0.1, 0.15) is 52.7 Å². The van der Waals surface area contributed by atoms with Crippen molar-refractivity contribution in [2.75, 3.05) is 12.4 Å². The van der Waals surface area contributed by atoms with E-state index in [1.54, 1.807) is 7.11 Å². The Labute approximate surface area is 172 Å². The van der Waals surface area contributed by atoms with Gasteiger partial charge in [-0.05, 0) is 80.5 Å². The monoisotopic (exact) mass is 392 g/mol. The van der Waals surface area contributed by atoms with Gasteiger partial charge in [0.2, 0.25) is 5.91 Å². The summed E-state index contributed by atoms with van der Waals surface area (Å²) in [6.07, 6.45) is 3.37. The van der Waals surface area contributed by atoms with Gasteiger partial charge >= 0.3 is 0 Å². The van der Waals surface area contributed by atoms with Crippen molar-refractivity contribution < 1.29 is 14.3 Å². The number of nitrogens with one attached hydrogen (secondary N) is 1. The molecule has 0 bridgehead atoms. The first-order valence-electron chi connectivity index (χ1n) is 10.3. The molecule has 29 heavy (non-hydrogen) atoms. The zero-order valence-electron chi connectivity index (χ0n) is 17.3. The van der Waals surface area contributed by atoms with Gasteiger partial charge in [0.15, 0.2) is 0 Å². The fourth-order valence-electron chi connectivity index (χ4n) is 4.65. The fraction of sp³-hybridized carbons (Fsp3) is 0.417. The van der Waals surface area contributed by atoms with Crippen molar-refractivity contribution in [2.45, 2.75) is 52.1 Å². The molecule has 2 amide bonds. The molecule has 1 aliphatic heterocycles. The molecular formula is C24H28N2O3. The molecule has 0 saturated heterocycles. The molecule has 1 aliphatic carbocycles. The number of methoxy groups -OCH3 is 1. The van der Waals surface area contributed by atoms with Crippen LogP contribution in [-0.2, 0) is 11.3 Å². The fourth-order valence-corrected chi connectivity index (χ4v) is 4.65. The van der Waals surface area contributed by atoms with E-state index in [1.165, 1.54) is 5.56 Å². The van der Waals surface area contributed by atoms with E-state index in [9.17, 15) is 9.59 Å². The maximum atomic E-state index is 12.8. The van der Waals surface area contributed by atoms with Crippen LogP contribution < -0.4 is 10.1 Å². The van der Waals surface area contributed by atoms with Gasteiger partial charge < -0.3 is 15.0 Å². The van der Waals surface area contributed by atoms with Crippen molar-refractivity contribution in [2.24, 2.45) is 5.92 Å². The number of benzene rings is 2. The first kappa shape index (κ1) is 19.5. The average Bonchev–Trinajstić information content (AvgIpc) is 3.06. The Kier molecular flexibility index (Phi) is 5.31. The topological polar surface area (TPSA) is 58.6 Å². The van der Waals surface area contributed by atoms with E-state index in [2.05, 4.69) is 18.3 Å². The third kappa shape index (κ3) is 3.74. The van der Waals surface area contributed by atoms with Gasteiger partial charge in [0, 0.05) is 29.8 Å². The second-order valence-corrected chi connectivity index (χ2v) is 8.21. The summed E-state index contributed by atoms with van der Waals surface area (Å²) in [5.41, 5.74) is 4.99. The normalized spacial score (nSPS) is 21.1. The molecule has 2 aliphatic rings. The van der Waals surface area contributed by atoms with Gasteiger partial charge in [-0.25, -0.2) is 0 Å². The van der Waals surface area contributed by atoms with Crippen LogP contribution in [0, 0.1) is 19.8 Å². The number of carbonyl (C=O) groups is 2. The minimum atomic E-state index is -0.00419. The molecule has 5 heteroatoms. The highest BCUT2D eigenvalue weighted by Gasteiger charge is 2.36. The number of hydrogen-bond acceptors (Lipinski definition) is 3. The predicted molar refractivity (Wildman–Crippen MR) is 113 cm³/mol. The summed E-state index contributed by atoms with van der Waals surface area (Å²) in [4.78, 5) is 27.6. The quantitative estimate of drug-likeness (QED) is 0.835. The van der Waals surface area contributed by atoms with Gasteiger partial charge in [0.25, 0.3) is 5.91 Å². The Morgan fingerprint density at radius 3 is 2.48 bits per heavy atom. The molecule has 2 aromatic carbocycles. The maximum absolute atomic E-state index is 12.8. The summed E-state index contributed by atoms with van der Waals surface area (Å²) >= 11 is 0. The summed E-state index contributed by atoms with van der Waals surface area (Å²) in [5.74, 6) is 1.02. The first-order valence-corrected chi connectivity index (χ1v) is 10.3. The van der Waals surface area contributed by atoms with Crippen molar-refractivity contribution in [1.29, 1.82) is 0 Å². The standard InChI is InChI=1S/C24H28N2O3/c1-15-5-4-6-20-21(15)14-26(24(20)28)19-10-7-17(8-11-19)23(27)25-18-9-12-22(29-3)16(2)13-18/h4-6,9,12-13,17,19H,7-8,10-11,14H2,1-3H3,(H,25,27). The van der Waals surface area contributed by atoms with Crippen molar-refractivity contribution >= 4 is 17.5 Å². The lowest BCUT2D eigenvalue weighted by Gasteiger charge is -2.34. The van der Waals surface area contributed by atoms with Gasteiger partial charge in [-0.1, -0.05) is 12.1 Å². The van der Waals surface area contributed by atoms with E-state index >= 15 is 0 Å². The third-order valence-corrected chi connectivity index (χ3v) is 6.40. The summed E-state index contributed by atoms with van der Waals surface area (Å²) in [5, 5.41) is 3.04. The van der Waals surface area contributed by atoms with Crippen molar-refractivity contribution in [3.05, 3.63) is 58.7 Å². The molecule has 0 radical (unpaired) electrons. The van der Waals surface area contributed by atoms with Gasteiger partial charge in [-0.15, -0.1) is 0 Å². The molecule has 4 rings (SSSR count). The predicted octanol–water partition coefficient (Wildman–Crippen LogP) is 4.47. The zero-order chi connectivity index (χ0) is 20.5. The Morgan fingerprint density at radius 1 is 1.07 bits per heavy atom. The van der Waals surface area contributed by atoms with Gasteiger partial charge in [0.1, 0.15) is 5.75 Å². The molecule has 1 saturated carbocycles. The number of aryl methyl sites for hydroxylation is 2. The van der Waals surface area contributed by atoms with E-state index in [-0.39, 0.29) is 23.8 Å². The smallest absolute Gasteiger partial charge is 0.254 e. The molecule has 0 atom stereocenters. The van der Waals surface area contributed by atoms with Crippen LogP contribution >= 0.6 is 0 Å². The Morgan fingerprint density at radius 2 is 1.83 bits per heavy atom. The van der Waals surface area contributed by atoms with Crippen molar-refractivity contribution in [1.82, 2.24) is 4.90 Å². The molecule has 0 unspecified atom stereocenters. The lowest BCUT2D eigenvalue weighted by Crippen LogP contribution is -2.40. The highest BCUT2D eigenvalue weighted by atomic mass is 16.5. The molecule has 152 valence electrons. The molecule has 1 heterocycles. The summed E-state index contributed by atoms with van der Waals surface area (Å²) < 4.78 is 5.28. The molecule has 0 spiro atoms. The zero-order valence-corrected chi connectivity index (χ0v) is 17.3. The van der Waals surface area contributed by atoms with Crippen LogP contribution in [0.2, 0.25) is 0 Å². The number of amides is 2. The Bertz CT molecular complexity index is 945. The minimum Gasteiger partial charge on any atom is -0.496 e. The number of ether oxygens (including phenoxy) is 1.